The molecule has 4 aromatic carbocycles. The minimum absolute atomic E-state index is 0.0610. The Balaban J connectivity index is 0.692. The summed E-state index contributed by atoms with van der Waals surface area (Å²) in [4.78, 5) is 72.9. The molecule has 2 atom stereocenters. The lowest BCUT2D eigenvalue weighted by Gasteiger charge is -2.72. The van der Waals surface area contributed by atoms with Gasteiger partial charge in [-0.05, 0) is 134 Å². The van der Waals surface area contributed by atoms with Crippen molar-refractivity contribution in [2.45, 2.75) is 130 Å². The first kappa shape index (κ1) is 64.7. The third-order valence-electron chi connectivity index (χ3n) is 19.1. The average Bonchev–Trinajstić information content (AvgIpc) is 0.707. The van der Waals surface area contributed by atoms with Crippen LogP contribution < -0.4 is 20.3 Å². The maximum atomic E-state index is 14.5. The minimum atomic E-state index is -6.18. The molecular weight excluding hydrogens is 1230 g/mol. The lowest BCUT2D eigenvalue weighted by Crippen LogP contribution is -2.66. The smallest absolute Gasteiger partial charge is 0.380 e. The molecule has 2 bridgehead atoms. The first-order valence-corrected chi connectivity index (χ1v) is 34.5. The highest BCUT2D eigenvalue weighted by atomic mass is 32.2. The molecule has 3 N–H and O–H groups in total. The van der Waals surface area contributed by atoms with E-state index in [4.69, 9.17) is 0 Å². The van der Waals surface area contributed by atoms with Crippen LogP contribution in [0, 0.1) is 28.1 Å². The van der Waals surface area contributed by atoms with Crippen molar-refractivity contribution in [1.82, 2.24) is 29.6 Å². The number of carbonyl (C=O) groups excluding carboxylic acids is 5. The molecule has 25 heteroatoms. The van der Waals surface area contributed by atoms with Gasteiger partial charge in [0, 0.05) is 136 Å². The Kier molecular flexibility index (Phi) is 18.5. The molecule has 0 spiro atoms. The maximum Gasteiger partial charge on any atom is 0.501 e. The number of piperazine rings is 2. The number of sulfonamides is 1. The number of halogens is 5. The maximum absolute atomic E-state index is 14.5. The molecule has 4 aromatic rings. The standard InChI is InChI=1S/C65H73F5N8O9S3/c1-62(2)25-23-45(52(36-62)63-40-64(41-63,42-63)61(66)67)37-75-29-31-76(32-30-75)47-17-15-44(16-18-47)58(81)73-90(86,87)49-19-20-53(55(35-49)89(84,85)65(68,69)70)71-46(39-88-48-11-4-3-5-12-48)24-26-74-27-33-77(34-28-74)57(80)14-7-6-9-43-10-8-13-50-51(43)38-78(60(50)83)54-21-22-56(79)72-59(54)82/h3-5,8,10-13,15-20,35,46,54,61,71H,7,14,21-34,36-42H2,1-2H3,(H,73,81)(H,72,79,82)/t46-,54?,63?,64?/m1/s1. The van der Waals surface area contributed by atoms with Crippen molar-refractivity contribution >= 4 is 72.5 Å². The van der Waals surface area contributed by atoms with Gasteiger partial charge in [-0.15, -0.1) is 11.8 Å². The van der Waals surface area contributed by atoms with Crippen molar-refractivity contribution in [3.05, 3.63) is 124 Å². The van der Waals surface area contributed by atoms with E-state index in [0.717, 1.165) is 61.6 Å². The third kappa shape index (κ3) is 13.7. The van der Waals surface area contributed by atoms with E-state index in [1.54, 1.807) is 35.2 Å². The number of piperidine rings is 1. The molecule has 17 nitrogen and oxygen atoms in total. The number of imide groups is 1. The Morgan fingerprint density at radius 1 is 0.833 bits per heavy atom. The highest BCUT2D eigenvalue weighted by molar-refractivity contribution is 7.99. The summed E-state index contributed by atoms with van der Waals surface area (Å²) in [7, 11) is -11.1. The largest absolute Gasteiger partial charge is 0.501 e. The lowest BCUT2D eigenvalue weighted by atomic mass is 9.32. The van der Waals surface area contributed by atoms with Crippen LogP contribution in [0.4, 0.5) is 33.3 Å². The number of carbonyl (C=O) groups is 5. The van der Waals surface area contributed by atoms with Crippen LogP contribution in [0.25, 0.3) is 0 Å². The van der Waals surface area contributed by atoms with Gasteiger partial charge in [-0.25, -0.2) is 30.3 Å². The van der Waals surface area contributed by atoms with Gasteiger partial charge in [-0.2, -0.15) is 13.2 Å². The van der Waals surface area contributed by atoms with E-state index < -0.39 is 76.6 Å². The highest BCUT2D eigenvalue weighted by Crippen LogP contribution is 2.79. The quantitative estimate of drug-likeness (QED) is 0.0249. The molecule has 1 unspecified atom stereocenters. The summed E-state index contributed by atoms with van der Waals surface area (Å²) in [6.45, 7) is 10.4. The summed E-state index contributed by atoms with van der Waals surface area (Å²) in [6.07, 6.45) is 3.45. The fourth-order valence-electron chi connectivity index (χ4n) is 14.0. The second kappa shape index (κ2) is 25.7. The molecular formula is C65H73F5N8O9S3. The topological polar surface area (TPSA) is 206 Å². The van der Waals surface area contributed by atoms with E-state index >= 15 is 0 Å². The molecule has 0 aromatic heterocycles. The van der Waals surface area contributed by atoms with Crippen LogP contribution >= 0.6 is 11.8 Å². The Labute approximate surface area is 525 Å². The molecule has 4 aliphatic heterocycles. The number of nitrogens with one attached hydrogen (secondary N) is 3. The number of benzene rings is 4. The van der Waals surface area contributed by atoms with Crippen molar-refractivity contribution in [3.63, 3.8) is 0 Å². The number of sulfone groups is 1. The van der Waals surface area contributed by atoms with Crippen LogP contribution in [-0.4, -0.2) is 161 Å². The van der Waals surface area contributed by atoms with Crippen molar-refractivity contribution < 1.29 is 62.8 Å². The van der Waals surface area contributed by atoms with Gasteiger partial charge < -0.3 is 20.0 Å². The molecule has 8 aliphatic rings. The zero-order valence-electron chi connectivity index (χ0n) is 50.2. The van der Waals surface area contributed by atoms with Gasteiger partial charge in [0.15, 0.2) is 0 Å². The van der Waals surface area contributed by atoms with Crippen molar-refractivity contribution in [2.75, 3.05) is 81.4 Å². The molecule has 12 rings (SSSR count). The van der Waals surface area contributed by atoms with Crippen LogP contribution in [0.5, 0.6) is 0 Å². The van der Waals surface area contributed by atoms with Crippen LogP contribution in [0.1, 0.15) is 116 Å². The van der Waals surface area contributed by atoms with Gasteiger partial charge in [-0.3, -0.25) is 39.1 Å². The monoisotopic (exact) mass is 1300 g/mol. The van der Waals surface area contributed by atoms with E-state index in [-0.39, 0.29) is 72.1 Å². The van der Waals surface area contributed by atoms with E-state index in [1.165, 1.54) is 39.9 Å². The Morgan fingerprint density at radius 2 is 1.53 bits per heavy atom. The summed E-state index contributed by atoms with van der Waals surface area (Å²) in [5, 5.41) is 5.29. The number of anilines is 2. The third-order valence-corrected chi connectivity index (χ3v) is 23.1. The molecule has 3 saturated carbocycles. The second-order valence-electron chi connectivity index (χ2n) is 25.8. The average molecular weight is 1300 g/mol. The zero-order valence-corrected chi connectivity index (χ0v) is 52.6. The Hall–Kier alpha value is -6.85. The number of amides is 5. The molecule has 4 aliphatic carbocycles. The Morgan fingerprint density at radius 3 is 2.21 bits per heavy atom. The fourth-order valence-corrected chi connectivity index (χ4v) is 17.0. The van der Waals surface area contributed by atoms with E-state index in [0.29, 0.717) is 94.3 Å². The number of thioether (sulfide) groups is 1. The zero-order chi connectivity index (χ0) is 64.0. The molecule has 0 radical (unpaired) electrons. The van der Waals surface area contributed by atoms with Gasteiger partial charge >= 0.3 is 5.51 Å². The first-order chi connectivity index (χ1) is 42.7. The number of alkyl halides is 5. The summed E-state index contributed by atoms with van der Waals surface area (Å²) in [5.41, 5.74) is -1.81. The van der Waals surface area contributed by atoms with E-state index in [9.17, 15) is 62.8 Å². The fraction of sp³-hybridized carbons (Fsp3) is 0.492. The summed E-state index contributed by atoms with van der Waals surface area (Å²) in [6, 6.07) is 21.4. The number of rotatable bonds is 20. The van der Waals surface area contributed by atoms with Gasteiger partial charge in [-0.1, -0.05) is 61.1 Å². The predicted molar refractivity (Wildman–Crippen MR) is 330 cm³/mol. The van der Waals surface area contributed by atoms with Crippen molar-refractivity contribution in [1.29, 1.82) is 0 Å². The first-order valence-electron chi connectivity index (χ1n) is 30.5. The van der Waals surface area contributed by atoms with Crippen LogP contribution in [-0.2, 0) is 40.8 Å². The molecule has 3 saturated heterocycles. The SMILES string of the molecule is CC1(C)CCC(CN2CCN(c3ccc(C(=O)NS(=O)(=O)c4ccc(N[C@H](CCN5CCN(C(=O)CCC#Cc6cccc7c6CN(C6CCC(=O)NC6=O)C7=O)CC5)CSc5ccccc5)c(S(=O)(=O)C(F)(F)F)c4)cc3)CC2)=C(C23CC(C(F)F)(C2)C3)C1. The predicted octanol–water partition coefficient (Wildman–Crippen LogP) is 8.86. The number of hydrogen-bond acceptors (Lipinski definition) is 14. The van der Waals surface area contributed by atoms with Gasteiger partial charge in [0.1, 0.15) is 10.9 Å². The van der Waals surface area contributed by atoms with E-state index in [1.807, 2.05) is 35.1 Å². The second-order valence-corrected chi connectivity index (χ2v) is 30.4. The minimum Gasteiger partial charge on any atom is -0.380 e. The van der Waals surface area contributed by atoms with E-state index in [2.05, 4.69) is 51.0 Å². The molecule has 5 amide bonds. The Bertz CT molecular complexity index is 3770. The number of nitrogens with zero attached hydrogens (tertiary/aromatic N) is 5. The highest BCUT2D eigenvalue weighted by Gasteiger charge is 2.73. The normalized spacial score (nSPS) is 23.3. The van der Waals surface area contributed by atoms with Gasteiger partial charge in [0.2, 0.25) is 24.1 Å². The lowest BCUT2D eigenvalue weighted by molar-refractivity contribution is -0.250. The van der Waals surface area contributed by atoms with Crippen molar-refractivity contribution in [3.8, 4) is 11.8 Å². The number of fused-ring (bicyclic) bond motifs is 1. The van der Waals surface area contributed by atoms with Crippen LogP contribution in [0.15, 0.2) is 117 Å². The summed E-state index contributed by atoms with van der Waals surface area (Å²) >= 11 is 1.38. The van der Waals surface area contributed by atoms with Gasteiger partial charge in [0.25, 0.3) is 31.7 Å². The molecule has 6 fully saturated rings. The molecule has 480 valence electrons. The van der Waals surface area contributed by atoms with Crippen LogP contribution in [0.3, 0.4) is 0 Å². The van der Waals surface area contributed by atoms with Gasteiger partial charge in [0.05, 0.1) is 10.6 Å². The number of allylic oxidation sites excluding steroid dienone is 1. The summed E-state index contributed by atoms with van der Waals surface area (Å²) in [5.74, 6) is 4.01. The van der Waals surface area contributed by atoms with Crippen molar-refractivity contribution in [2.24, 2.45) is 16.2 Å². The van der Waals surface area contributed by atoms with Crippen LogP contribution in [0.2, 0.25) is 0 Å². The molecule has 90 heavy (non-hydrogen) atoms. The molecule has 4 heterocycles. The number of hydrogen-bond donors (Lipinski definition) is 3. The summed E-state index contributed by atoms with van der Waals surface area (Å²) < 4.78 is 127.